The number of hydrogen-bond donors (Lipinski definition) is 2. The lowest BCUT2D eigenvalue weighted by atomic mass is 9.92. The van der Waals surface area contributed by atoms with E-state index in [0.29, 0.717) is 13.0 Å². The van der Waals surface area contributed by atoms with Crippen molar-refractivity contribution in [1.82, 2.24) is 0 Å². The molecule has 0 heterocycles. The van der Waals surface area contributed by atoms with Gasteiger partial charge in [-0.05, 0) is 73.8 Å². The Kier molecular flexibility index (Phi) is 12.8. The third kappa shape index (κ3) is 11.6. The molecule has 0 aliphatic carbocycles. The summed E-state index contributed by atoms with van der Waals surface area (Å²) < 4.78 is 6.14. The fraction of sp³-hybridized carbons (Fsp3) is 0.353. The topological polar surface area (TPSA) is 83.8 Å². The van der Waals surface area contributed by atoms with E-state index in [1.54, 1.807) is 12.1 Å². The van der Waals surface area contributed by atoms with Gasteiger partial charge in [0.05, 0.1) is 12.2 Å². The summed E-state index contributed by atoms with van der Waals surface area (Å²) in [7, 11) is 0. The number of aryl methyl sites for hydroxylation is 1. The summed E-state index contributed by atoms with van der Waals surface area (Å²) in [5.41, 5.74) is 3.75. The molecular formula is C34H40O5. The smallest absolute Gasteiger partial charge is 0.335 e. The molecule has 0 radical (unpaired) electrons. The Hall–Kier alpha value is -3.86. The fourth-order valence-corrected chi connectivity index (χ4v) is 4.64. The van der Waals surface area contributed by atoms with Crippen LogP contribution >= 0.6 is 0 Å². The molecule has 2 N–H and O–H groups in total. The van der Waals surface area contributed by atoms with Gasteiger partial charge in [-0.15, -0.1) is 0 Å². The predicted molar refractivity (Wildman–Crippen MR) is 156 cm³/mol. The van der Waals surface area contributed by atoms with E-state index in [4.69, 9.17) is 14.9 Å². The summed E-state index contributed by atoms with van der Waals surface area (Å²) in [5.74, 6) is -0.635. The lowest BCUT2D eigenvalue weighted by Gasteiger charge is -2.14. The van der Waals surface area contributed by atoms with E-state index < -0.39 is 11.9 Å². The molecule has 0 aromatic heterocycles. The average molecular weight is 529 g/mol. The molecule has 206 valence electrons. The largest absolute Gasteiger partial charge is 0.493 e. The third-order valence-corrected chi connectivity index (χ3v) is 6.84. The van der Waals surface area contributed by atoms with Gasteiger partial charge in [-0.3, -0.25) is 4.79 Å². The van der Waals surface area contributed by atoms with Crippen LogP contribution < -0.4 is 4.74 Å². The molecule has 5 heteroatoms. The second kappa shape index (κ2) is 16.9. The highest BCUT2D eigenvalue weighted by atomic mass is 16.5. The van der Waals surface area contributed by atoms with E-state index >= 15 is 0 Å². The molecule has 0 bridgehead atoms. The molecule has 3 rings (SSSR count). The second-order valence-electron chi connectivity index (χ2n) is 10.0. The maximum Gasteiger partial charge on any atom is 0.335 e. The van der Waals surface area contributed by atoms with E-state index in [2.05, 4.69) is 48.6 Å². The monoisotopic (exact) mass is 528 g/mol. The van der Waals surface area contributed by atoms with Crippen molar-refractivity contribution in [2.45, 2.75) is 64.2 Å². The Bertz CT molecular complexity index is 1170. The van der Waals surface area contributed by atoms with Crippen LogP contribution in [0.5, 0.6) is 5.75 Å². The number of ether oxygens (including phenoxy) is 1. The van der Waals surface area contributed by atoms with Crippen LogP contribution in [-0.2, 0) is 17.6 Å². The number of carboxylic acids is 2. The number of aromatic carboxylic acids is 1. The van der Waals surface area contributed by atoms with Gasteiger partial charge in [0.25, 0.3) is 0 Å². The molecule has 0 saturated heterocycles. The first kappa shape index (κ1) is 29.7. The molecule has 0 fully saturated rings. The molecule has 1 atom stereocenters. The van der Waals surface area contributed by atoms with E-state index in [-0.39, 0.29) is 17.9 Å². The Morgan fingerprint density at radius 2 is 1.46 bits per heavy atom. The fourth-order valence-electron chi connectivity index (χ4n) is 4.64. The summed E-state index contributed by atoms with van der Waals surface area (Å²) >= 11 is 0. The van der Waals surface area contributed by atoms with Gasteiger partial charge in [0.2, 0.25) is 0 Å². The van der Waals surface area contributed by atoms with Crippen molar-refractivity contribution < 1.29 is 24.5 Å². The quantitative estimate of drug-likeness (QED) is 0.163. The number of allylic oxidation sites excluding steroid dienone is 1. The highest BCUT2D eigenvalue weighted by Gasteiger charge is 2.10. The van der Waals surface area contributed by atoms with Crippen LogP contribution in [0.4, 0.5) is 0 Å². The zero-order valence-electron chi connectivity index (χ0n) is 22.6. The number of para-hydroxylation sites is 1. The van der Waals surface area contributed by atoms with Crippen molar-refractivity contribution in [2.24, 2.45) is 5.92 Å². The van der Waals surface area contributed by atoms with Crippen molar-refractivity contribution in [3.63, 3.8) is 0 Å². The van der Waals surface area contributed by atoms with Gasteiger partial charge in [-0.1, -0.05) is 92.1 Å². The van der Waals surface area contributed by atoms with Gasteiger partial charge in [0, 0.05) is 12.0 Å². The minimum atomic E-state index is -0.935. The first-order valence-corrected chi connectivity index (χ1v) is 14.0. The number of hydrogen-bond acceptors (Lipinski definition) is 3. The Morgan fingerprint density at radius 3 is 2.21 bits per heavy atom. The van der Waals surface area contributed by atoms with Gasteiger partial charge in [-0.25, -0.2) is 4.79 Å². The molecule has 39 heavy (non-hydrogen) atoms. The van der Waals surface area contributed by atoms with Crippen molar-refractivity contribution >= 4 is 18.0 Å². The van der Waals surface area contributed by atoms with Crippen molar-refractivity contribution in [2.75, 3.05) is 6.61 Å². The zero-order valence-corrected chi connectivity index (χ0v) is 22.6. The van der Waals surface area contributed by atoms with Crippen LogP contribution in [0.2, 0.25) is 0 Å². The van der Waals surface area contributed by atoms with Gasteiger partial charge in [0.1, 0.15) is 5.75 Å². The number of benzene rings is 3. The van der Waals surface area contributed by atoms with E-state index in [9.17, 15) is 9.59 Å². The number of carbonyl (C=O) groups is 2. The molecule has 0 saturated carbocycles. The molecule has 5 nitrogen and oxygen atoms in total. The van der Waals surface area contributed by atoms with Crippen LogP contribution in [0.15, 0.2) is 84.9 Å². The predicted octanol–water partition coefficient (Wildman–Crippen LogP) is 8.08. The molecule has 0 amide bonds. The van der Waals surface area contributed by atoms with Gasteiger partial charge in [-0.2, -0.15) is 0 Å². The molecule has 3 aromatic carbocycles. The van der Waals surface area contributed by atoms with E-state index in [1.165, 1.54) is 18.4 Å². The normalized spacial score (nSPS) is 11.9. The Morgan fingerprint density at radius 1 is 0.744 bits per heavy atom. The van der Waals surface area contributed by atoms with Gasteiger partial charge < -0.3 is 14.9 Å². The van der Waals surface area contributed by atoms with Crippen LogP contribution in [-0.4, -0.2) is 28.8 Å². The molecular weight excluding hydrogens is 488 g/mol. The highest BCUT2D eigenvalue weighted by molar-refractivity contribution is 5.87. The minimum Gasteiger partial charge on any atom is -0.493 e. The summed E-state index contributed by atoms with van der Waals surface area (Å²) in [4.78, 5) is 22.1. The second-order valence-corrected chi connectivity index (χ2v) is 10.0. The zero-order chi connectivity index (χ0) is 27.7. The molecule has 3 aromatic rings. The maximum absolute atomic E-state index is 11.2. The summed E-state index contributed by atoms with van der Waals surface area (Å²) in [6, 6.07) is 25.6. The minimum absolute atomic E-state index is 0.173. The summed E-state index contributed by atoms with van der Waals surface area (Å²) in [5, 5.41) is 18.1. The molecule has 1 unspecified atom stereocenters. The lowest BCUT2D eigenvalue weighted by Crippen LogP contribution is -2.04. The molecule has 0 aliphatic rings. The lowest BCUT2D eigenvalue weighted by molar-refractivity contribution is -0.137. The summed E-state index contributed by atoms with van der Waals surface area (Å²) in [6.07, 6.45) is 13.2. The van der Waals surface area contributed by atoms with Gasteiger partial charge >= 0.3 is 11.9 Å². The SMILES string of the molecule is O=C(O)CCCCC(C=Cc1ccccc1OCCCCCCc1ccccc1)Cc1ccc(C(=O)O)cc1. The van der Waals surface area contributed by atoms with Crippen molar-refractivity contribution in [3.8, 4) is 5.75 Å². The average Bonchev–Trinajstić information content (AvgIpc) is 2.94. The van der Waals surface area contributed by atoms with Gasteiger partial charge in [0.15, 0.2) is 0 Å². The number of unbranched alkanes of at least 4 members (excludes halogenated alkanes) is 4. The number of carboxylic acid groups (broad SMARTS) is 2. The van der Waals surface area contributed by atoms with Crippen LogP contribution in [0.25, 0.3) is 6.08 Å². The molecule has 0 aliphatic heterocycles. The highest BCUT2D eigenvalue weighted by Crippen LogP contribution is 2.24. The number of aliphatic carboxylic acids is 1. The first-order valence-electron chi connectivity index (χ1n) is 14.0. The number of rotatable bonds is 18. The molecule has 0 spiro atoms. The van der Waals surface area contributed by atoms with Crippen LogP contribution in [0.1, 0.15) is 78.4 Å². The Labute approximate surface area is 232 Å². The Balaban J connectivity index is 1.52. The standard InChI is InChI=1S/C34H40O5/c35-33(36)18-10-7-15-28(26-29-20-23-31(24-21-29)34(37)38)19-22-30-16-8-9-17-32(30)39-25-11-2-1-4-12-27-13-5-3-6-14-27/h3,5-6,8-9,13-14,16-17,19-24,28H,1-2,4,7,10-12,15,18,25-26H2,(H,35,36)(H,37,38). The van der Waals surface area contributed by atoms with Crippen molar-refractivity contribution in [1.29, 1.82) is 0 Å². The van der Waals surface area contributed by atoms with Crippen molar-refractivity contribution in [3.05, 3.63) is 107 Å². The maximum atomic E-state index is 11.2. The van der Waals surface area contributed by atoms with E-state index in [1.807, 2.05) is 30.3 Å². The third-order valence-electron chi connectivity index (χ3n) is 6.84. The first-order chi connectivity index (χ1) is 19.0. The summed E-state index contributed by atoms with van der Waals surface area (Å²) in [6.45, 7) is 0.685. The van der Waals surface area contributed by atoms with E-state index in [0.717, 1.165) is 55.4 Å². The van der Waals surface area contributed by atoms with Crippen LogP contribution in [0.3, 0.4) is 0 Å². The van der Waals surface area contributed by atoms with Crippen LogP contribution in [0, 0.1) is 5.92 Å².